The van der Waals surface area contributed by atoms with Gasteiger partial charge in [0.25, 0.3) is 0 Å². The summed E-state index contributed by atoms with van der Waals surface area (Å²) in [6.45, 7) is 0. The van der Waals surface area contributed by atoms with Crippen LogP contribution in [0.15, 0.2) is 0 Å². The molecule has 0 aromatic rings. The number of nitrogens with one attached hydrogen (secondary N) is 1. The second-order valence-electron chi connectivity index (χ2n) is 5.19. The summed E-state index contributed by atoms with van der Waals surface area (Å²) in [5.41, 5.74) is 0. The summed E-state index contributed by atoms with van der Waals surface area (Å²) in [5.74, 6) is 1.52. The smallest absolute Gasteiger partial charge is 0.151 e. The van der Waals surface area contributed by atoms with E-state index in [0.29, 0.717) is 6.04 Å². The Labute approximate surface area is 106 Å². The summed E-state index contributed by atoms with van der Waals surface area (Å²) >= 11 is 0. The van der Waals surface area contributed by atoms with Crippen LogP contribution in [0.25, 0.3) is 0 Å². The maximum Gasteiger partial charge on any atom is 0.151 e. The van der Waals surface area contributed by atoms with Gasteiger partial charge in [0.15, 0.2) is 9.84 Å². The van der Waals surface area contributed by atoms with Crippen LogP contribution in [0.5, 0.6) is 0 Å². The number of hydrogen-bond donors (Lipinski definition) is 1. The van der Waals surface area contributed by atoms with Gasteiger partial charge in [0.2, 0.25) is 0 Å². The maximum absolute atomic E-state index is 11.6. The SMILES string of the molecule is CS(=O)(=O)C1CCCC1NC1CCS(=O)CC1. The highest BCUT2D eigenvalue weighted by Gasteiger charge is 2.36. The number of rotatable bonds is 3. The lowest BCUT2D eigenvalue weighted by molar-refractivity contribution is 0.405. The minimum absolute atomic E-state index is 0.113. The third kappa shape index (κ3) is 3.51. The summed E-state index contributed by atoms with van der Waals surface area (Å²) in [4.78, 5) is 0. The molecule has 2 atom stereocenters. The third-order valence-electron chi connectivity index (χ3n) is 3.84. The highest BCUT2D eigenvalue weighted by Crippen LogP contribution is 2.26. The quantitative estimate of drug-likeness (QED) is 0.815. The van der Waals surface area contributed by atoms with E-state index in [4.69, 9.17) is 0 Å². The molecule has 0 radical (unpaired) electrons. The van der Waals surface area contributed by atoms with Crippen molar-refractivity contribution in [2.24, 2.45) is 0 Å². The highest BCUT2D eigenvalue weighted by atomic mass is 32.2. The van der Waals surface area contributed by atoms with Gasteiger partial charge in [-0.3, -0.25) is 4.21 Å². The van der Waals surface area contributed by atoms with Crippen molar-refractivity contribution in [1.29, 1.82) is 0 Å². The van der Waals surface area contributed by atoms with Crippen LogP contribution < -0.4 is 5.32 Å². The molecule has 2 aliphatic rings. The first-order valence-corrected chi connectivity index (χ1v) is 9.71. The molecule has 1 aliphatic heterocycles. The molecule has 4 nitrogen and oxygen atoms in total. The Bertz CT molecular complexity index is 384. The van der Waals surface area contributed by atoms with Crippen LogP contribution >= 0.6 is 0 Å². The number of sulfone groups is 1. The van der Waals surface area contributed by atoms with Crippen LogP contribution in [-0.4, -0.2) is 47.7 Å². The Morgan fingerprint density at radius 2 is 1.76 bits per heavy atom. The van der Waals surface area contributed by atoms with E-state index < -0.39 is 20.6 Å². The molecule has 1 saturated heterocycles. The zero-order chi connectivity index (χ0) is 12.5. The van der Waals surface area contributed by atoms with Gasteiger partial charge in [0.1, 0.15) is 0 Å². The van der Waals surface area contributed by atoms with E-state index in [9.17, 15) is 12.6 Å². The Balaban J connectivity index is 1.92. The number of hydrogen-bond acceptors (Lipinski definition) is 4. The monoisotopic (exact) mass is 279 g/mol. The second-order valence-corrected chi connectivity index (χ2v) is 9.16. The lowest BCUT2D eigenvalue weighted by Gasteiger charge is -2.28. The summed E-state index contributed by atoms with van der Waals surface area (Å²) in [7, 11) is -3.58. The molecule has 0 aromatic heterocycles. The average Bonchev–Trinajstić information content (AvgIpc) is 2.69. The normalized spacial score (nSPS) is 39.4. The van der Waals surface area contributed by atoms with Gasteiger partial charge in [-0.2, -0.15) is 0 Å². The van der Waals surface area contributed by atoms with Gasteiger partial charge < -0.3 is 5.32 Å². The Morgan fingerprint density at radius 3 is 2.35 bits per heavy atom. The lowest BCUT2D eigenvalue weighted by atomic mass is 10.1. The molecular weight excluding hydrogens is 258 g/mol. The highest BCUT2D eigenvalue weighted by molar-refractivity contribution is 7.91. The molecule has 0 spiro atoms. The van der Waals surface area contributed by atoms with Crippen LogP contribution in [0, 0.1) is 0 Å². The topological polar surface area (TPSA) is 63.2 Å². The van der Waals surface area contributed by atoms with Crippen molar-refractivity contribution in [3.8, 4) is 0 Å². The summed E-state index contributed by atoms with van der Waals surface area (Å²) in [5, 5.41) is 3.27. The van der Waals surface area contributed by atoms with Crippen LogP contribution in [-0.2, 0) is 20.6 Å². The van der Waals surface area contributed by atoms with E-state index in [-0.39, 0.29) is 11.3 Å². The van der Waals surface area contributed by atoms with Crippen molar-refractivity contribution in [3.05, 3.63) is 0 Å². The summed E-state index contributed by atoms with van der Waals surface area (Å²) in [6.07, 6.45) is 5.91. The van der Waals surface area contributed by atoms with Gasteiger partial charge in [-0.15, -0.1) is 0 Å². The van der Waals surface area contributed by atoms with E-state index in [1.54, 1.807) is 0 Å². The van der Waals surface area contributed by atoms with Crippen molar-refractivity contribution in [2.75, 3.05) is 17.8 Å². The zero-order valence-corrected chi connectivity index (χ0v) is 11.9. The Hall–Kier alpha value is 0.0600. The summed E-state index contributed by atoms with van der Waals surface area (Å²) in [6, 6.07) is 0.474. The zero-order valence-electron chi connectivity index (χ0n) is 10.2. The van der Waals surface area contributed by atoms with Crippen molar-refractivity contribution in [3.63, 3.8) is 0 Å². The van der Waals surface area contributed by atoms with Crippen molar-refractivity contribution < 1.29 is 12.6 Å². The van der Waals surface area contributed by atoms with E-state index in [1.807, 2.05) is 0 Å². The van der Waals surface area contributed by atoms with Gasteiger partial charge in [-0.25, -0.2) is 8.42 Å². The molecule has 1 aliphatic carbocycles. The largest absolute Gasteiger partial charge is 0.310 e. The van der Waals surface area contributed by atoms with Crippen LogP contribution in [0.1, 0.15) is 32.1 Å². The molecule has 2 rings (SSSR count). The van der Waals surface area contributed by atoms with Crippen molar-refractivity contribution >= 4 is 20.6 Å². The fraction of sp³-hybridized carbons (Fsp3) is 1.00. The van der Waals surface area contributed by atoms with Gasteiger partial charge in [-0.1, -0.05) is 6.42 Å². The molecule has 1 N–H and O–H groups in total. The van der Waals surface area contributed by atoms with Crippen LogP contribution in [0.3, 0.4) is 0 Å². The standard InChI is InChI=1S/C11H21NO3S2/c1-17(14,15)11-4-2-3-10(11)12-9-5-7-16(13)8-6-9/h9-12H,2-8H2,1H3. The minimum Gasteiger partial charge on any atom is -0.310 e. The predicted molar refractivity (Wildman–Crippen MR) is 70.3 cm³/mol. The first-order chi connectivity index (χ1) is 7.97. The van der Waals surface area contributed by atoms with Gasteiger partial charge in [0, 0.05) is 40.6 Å². The molecule has 1 saturated carbocycles. The molecule has 1 heterocycles. The van der Waals surface area contributed by atoms with E-state index in [0.717, 1.165) is 43.6 Å². The van der Waals surface area contributed by atoms with Gasteiger partial charge in [-0.05, 0) is 25.7 Å². The molecular formula is C11H21NO3S2. The molecule has 2 unspecified atom stereocenters. The Kier molecular flexibility index (Phi) is 4.26. The second kappa shape index (κ2) is 5.36. The lowest BCUT2D eigenvalue weighted by Crippen LogP contribution is -2.47. The summed E-state index contributed by atoms with van der Waals surface area (Å²) < 4.78 is 34.6. The molecule has 0 aromatic carbocycles. The molecule has 17 heavy (non-hydrogen) atoms. The average molecular weight is 279 g/mol. The van der Waals surface area contributed by atoms with Gasteiger partial charge in [0.05, 0.1) is 5.25 Å². The molecule has 0 amide bonds. The molecule has 0 bridgehead atoms. The minimum atomic E-state index is -2.94. The Morgan fingerprint density at radius 1 is 1.12 bits per heavy atom. The van der Waals surface area contributed by atoms with E-state index in [2.05, 4.69) is 5.32 Å². The van der Waals surface area contributed by atoms with Crippen molar-refractivity contribution in [1.82, 2.24) is 5.32 Å². The third-order valence-corrected chi connectivity index (χ3v) is 6.89. The van der Waals surface area contributed by atoms with E-state index in [1.165, 1.54) is 6.26 Å². The van der Waals surface area contributed by atoms with Crippen LogP contribution in [0.2, 0.25) is 0 Å². The van der Waals surface area contributed by atoms with E-state index >= 15 is 0 Å². The first-order valence-electron chi connectivity index (χ1n) is 6.26. The van der Waals surface area contributed by atoms with Crippen LogP contribution in [0.4, 0.5) is 0 Å². The van der Waals surface area contributed by atoms with Gasteiger partial charge >= 0.3 is 0 Å². The predicted octanol–water partition coefficient (Wildman–Crippen LogP) is 0.453. The van der Waals surface area contributed by atoms with Crippen molar-refractivity contribution in [2.45, 2.75) is 49.4 Å². The molecule has 2 fully saturated rings. The molecule has 6 heteroatoms. The maximum atomic E-state index is 11.6. The molecule has 100 valence electrons. The first kappa shape index (κ1) is 13.5. The fourth-order valence-electron chi connectivity index (χ4n) is 2.89. The fourth-order valence-corrected chi connectivity index (χ4v) is 5.60.